The lowest BCUT2D eigenvalue weighted by molar-refractivity contribution is 0.116. The van der Waals surface area contributed by atoms with Gasteiger partial charge < -0.3 is 9.30 Å². The number of imidazole rings is 1. The van der Waals surface area contributed by atoms with E-state index in [9.17, 15) is 0 Å². The Labute approximate surface area is 119 Å². The smallest absolute Gasteiger partial charge is 0.160 e. The standard InChI is InChI=1S/C15H20N4O/c1-9(2)19-13(6-10(3)20-5)18-14-11(4)12(7-16)8-17-15(14)19/h8-10H,6H2,1-5H3. The van der Waals surface area contributed by atoms with Gasteiger partial charge in [0, 0.05) is 25.8 Å². The molecule has 0 bridgehead atoms. The number of nitriles is 1. The number of hydrogen-bond acceptors (Lipinski definition) is 4. The summed E-state index contributed by atoms with van der Waals surface area (Å²) in [6.45, 7) is 8.16. The van der Waals surface area contributed by atoms with E-state index in [1.807, 2.05) is 13.8 Å². The molecule has 2 aromatic rings. The largest absolute Gasteiger partial charge is 0.381 e. The molecule has 5 heteroatoms. The van der Waals surface area contributed by atoms with E-state index in [0.717, 1.165) is 29.0 Å². The van der Waals surface area contributed by atoms with E-state index in [0.29, 0.717) is 5.56 Å². The van der Waals surface area contributed by atoms with Crippen LogP contribution in [0.5, 0.6) is 0 Å². The van der Waals surface area contributed by atoms with Gasteiger partial charge in [0.1, 0.15) is 17.4 Å². The molecule has 0 N–H and O–H groups in total. The Hall–Kier alpha value is -1.93. The monoisotopic (exact) mass is 272 g/mol. The molecule has 0 aliphatic heterocycles. The van der Waals surface area contributed by atoms with Crippen molar-refractivity contribution < 1.29 is 4.74 Å². The van der Waals surface area contributed by atoms with Gasteiger partial charge in [-0.3, -0.25) is 0 Å². The minimum atomic E-state index is 0.0973. The van der Waals surface area contributed by atoms with Crippen molar-refractivity contribution in [3.8, 4) is 6.07 Å². The summed E-state index contributed by atoms with van der Waals surface area (Å²) >= 11 is 0. The number of nitrogens with zero attached hydrogens (tertiary/aromatic N) is 4. The zero-order chi connectivity index (χ0) is 14.9. The number of ether oxygens (including phenoxy) is 1. The highest BCUT2D eigenvalue weighted by atomic mass is 16.5. The van der Waals surface area contributed by atoms with Crippen LogP contribution in [-0.4, -0.2) is 27.7 Å². The Kier molecular flexibility index (Phi) is 4.05. The maximum atomic E-state index is 9.10. The number of aryl methyl sites for hydroxylation is 1. The summed E-state index contributed by atoms with van der Waals surface area (Å²) in [4.78, 5) is 9.12. The van der Waals surface area contributed by atoms with Crippen LogP contribution in [0.25, 0.3) is 11.2 Å². The average Bonchev–Trinajstić information content (AvgIpc) is 2.78. The summed E-state index contributed by atoms with van der Waals surface area (Å²) in [5.41, 5.74) is 3.13. The van der Waals surface area contributed by atoms with Gasteiger partial charge in [0.2, 0.25) is 0 Å². The van der Waals surface area contributed by atoms with Gasteiger partial charge >= 0.3 is 0 Å². The highest BCUT2D eigenvalue weighted by molar-refractivity contribution is 5.77. The van der Waals surface area contributed by atoms with Gasteiger partial charge in [-0.15, -0.1) is 0 Å². The van der Waals surface area contributed by atoms with Crippen LogP contribution in [-0.2, 0) is 11.2 Å². The lowest BCUT2D eigenvalue weighted by atomic mass is 10.1. The number of rotatable bonds is 4. The van der Waals surface area contributed by atoms with Gasteiger partial charge in [0.05, 0.1) is 11.7 Å². The molecular weight excluding hydrogens is 252 g/mol. The number of fused-ring (bicyclic) bond motifs is 1. The lowest BCUT2D eigenvalue weighted by Gasteiger charge is -2.14. The highest BCUT2D eigenvalue weighted by Crippen LogP contribution is 2.24. The second-order valence-corrected chi connectivity index (χ2v) is 5.32. The van der Waals surface area contributed by atoms with E-state index in [-0.39, 0.29) is 12.1 Å². The highest BCUT2D eigenvalue weighted by Gasteiger charge is 2.19. The molecule has 20 heavy (non-hydrogen) atoms. The van der Waals surface area contributed by atoms with Crippen molar-refractivity contribution >= 4 is 11.2 Å². The molecule has 2 aromatic heterocycles. The molecule has 0 radical (unpaired) electrons. The summed E-state index contributed by atoms with van der Waals surface area (Å²) in [7, 11) is 1.70. The maximum Gasteiger partial charge on any atom is 0.160 e. The summed E-state index contributed by atoms with van der Waals surface area (Å²) in [5.74, 6) is 0.954. The van der Waals surface area contributed by atoms with Crippen LogP contribution in [0.2, 0.25) is 0 Å². The van der Waals surface area contributed by atoms with Crippen LogP contribution in [0.1, 0.15) is 43.8 Å². The molecular formula is C15H20N4O. The van der Waals surface area contributed by atoms with Crippen molar-refractivity contribution in [2.45, 2.75) is 46.3 Å². The van der Waals surface area contributed by atoms with Crippen LogP contribution in [0.4, 0.5) is 0 Å². The van der Waals surface area contributed by atoms with E-state index >= 15 is 0 Å². The van der Waals surface area contributed by atoms with Crippen LogP contribution in [0.3, 0.4) is 0 Å². The number of pyridine rings is 1. The minimum absolute atomic E-state index is 0.0973. The van der Waals surface area contributed by atoms with Crippen LogP contribution < -0.4 is 0 Å². The maximum absolute atomic E-state index is 9.10. The minimum Gasteiger partial charge on any atom is -0.381 e. The molecule has 5 nitrogen and oxygen atoms in total. The summed E-state index contributed by atoms with van der Waals surface area (Å²) < 4.78 is 7.46. The van der Waals surface area contributed by atoms with E-state index in [4.69, 9.17) is 15.0 Å². The molecule has 0 saturated heterocycles. The molecule has 0 saturated carbocycles. The molecule has 106 valence electrons. The predicted molar refractivity (Wildman–Crippen MR) is 77.5 cm³/mol. The van der Waals surface area contributed by atoms with E-state index in [2.05, 4.69) is 29.5 Å². The molecule has 1 atom stereocenters. The Bertz CT molecular complexity index is 667. The third-order valence-electron chi connectivity index (χ3n) is 3.54. The Morgan fingerprint density at radius 2 is 2.10 bits per heavy atom. The topological polar surface area (TPSA) is 63.7 Å². The van der Waals surface area contributed by atoms with Crippen molar-refractivity contribution in [2.24, 2.45) is 0 Å². The summed E-state index contributed by atoms with van der Waals surface area (Å²) in [6, 6.07) is 2.42. The normalized spacial score (nSPS) is 12.8. The van der Waals surface area contributed by atoms with Crippen LogP contribution >= 0.6 is 0 Å². The van der Waals surface area contributed by atoms with E-state index in [1.165, 1.54) is 0 Å². The molecule has 2 heterocycles. The fraction of sp³-hybridized carbons (Fsp3) is 0.533. The zero-order valence-electron chi connectivity index (χ0n) is 12.6. The van der Waals surface area contributed by atoms with Crippen molar-refractivity contribution in [2.75, 3.05) is 7.11 Å². The van der Waals surface area contributed by atoms with Gasteiger partial charge in [-0.1, -0.05) is 0 Å². The van der Waals surface area contributed by atoms with Gasteiger partial charge in [-0.25, -0.2) is 9.97 Å². The second-order valence-electron chi connectivity index (χ2n) is 5.32. The van der Waals surface area contributed by atoms with Gasteiger partial charge in [-0.05, 0) is 33.3 Å². The Morgan fingerprint density at radius 3 is 2.65 bits per heavy atom. The van der Waals surface area contributed by atoms with Gasteiger partial charge in [-0.2, -0.15) is 5.26 Å². The SMILES string of the molecule is COC(C)Cc1nc2c(C)c(C#N)cnc2n1C(C)C. The third kappa shape index (κ3) is 2.39. The fourth-order valence-corrected chi connectivity index (χ4v) is 2.33. The van der Waals surface area contributed by atoms with Crippen molar-refractivity contribution in [3.63, 3.8) is 0 Å². The zero-order valence-corrected chi connectivity index (χ0v) is 12.6. The first-order valence-electron chi connectivity index (χ1n) is 6.78. The van der Waals surface area contributed by atoms with E-state index < -0.39 is 0 Å². The van der Waals surface area contributed by atoms with Crippen molar-refractivity contribution in [1.29, 1.82) is 5.26 Å². The van der Waals surface area contributed by atoms with Crippen LogP contribution in [0, 0.1) is 18.3 Å². The molecule has 0 aliphatic rings. The van der Waals surface area contributed by atoms with Gasteiger partial charge in [0.25, 0.3) is 0 Å². The first kappa shape index (κ1) is 14.5. The molecule has 0 spiro atoms. The van der Waals surface area contributed by atoms with Gasteiger partial charge in [0.15, 0.2) is 5.65 Å². The Balaban J connectivity index is 2.66. The first-order chi connectivity index (χ1) is 9.49. The molecule has 2 rings (SSSR count). The molecule has 1 unspecified atom stereocenters. The third-order valence-corrected chi connectivity index (χ3v) is 3.54. The first-order valence-corrected chi connectivity index (χ1v) is 6.78. The Morgan fingerprint density at radius 1 is 1.40 bits per heavy atom. The molecule has 0 aliphatic carbocycles. The number of methoxy groups -OCH3 is 1. The lowest BCUT2D eigenvalue weighted by Crippen LogP contribution is -2.15. The molecule has 0 fully saturated rings. The van der Waals surface area contributed by atoms with Crippen LogP contribution in [0.15, 0.2) is 6.20 Å². The summed E-state index contributed by atoms with van der Waals surface area (Å²) in [5, 5.41) is 9.10. The molecule has 0 amide bonds. The quantitative estimate of drug-likeness (QED) is 0.858. The van der Waals surface area contributed by atoms with Crippen molar-refractivity contribution in [1.82, 2.24) is 14.5 Å². The molecule has 0 aromatic carbocycles. The summed E-state index contributed by atoms with van der Waals surface area (Å²) in [6.07, 6.45) is 2.45. The van der Waals surface area contributed by atoms with Crippen molar-refractivity contribution in [3.05, 3.63) is 23.1 Å². The van der Waals surface area contributed by atoms with E-state index in [1.54, 1.807) is 13.3 Å². The number of aromatic nitrogens is 3. The number of hydrogen-bond donors (Lipinski definition) is 0. The fourth-order valence-electron chi connectivity index (χ4n) is 2.33. The predicted octanol–water partition coefficient (Wildman–Crippen LogP) is 2.77. The second kappa shape index (κ2) is 5.59. The average molecular weight is 272 g/mol.